The largest absolute Gasteiger partial charge is 0.296 e. The van der Waals surface area contributed by atoms with Gasteiger partial charge in [0.15, 0.2) is 5.65 Å². The highest BCUT2D eigenvalue weighted by Crippen LogP contribution is 2.23. The van der Waals surface area contributed by atoms with Crippen LogP contribution in [0.2, 0.25) is 0 Å². The number of aryl methyl sites for hydroxylation is 1. The number of hydrogen-bond donors (Lipinski definition) is 1. The van der Waals surface area contributed by atoms with Gasteiger partial charge in [-0.3, -0.25) is 9.89 Å². The molecule has 2 aromatic heterocycles. The Kier molecular flexibility index (Phi) is 2.93. The maximum atomic E-state index is 12.5. The van der Waals surface area contributed by atoms with Gasteiger partial charge in [-0.15, -0.1) is 0 Å². The third-order valence-electron chi connectivity index (χ3n) is 3.55. The van der Waals surface area contributed by atoms with Crippen LogP contribution in [0.25, 0.3) is 16.8 Å². The number of H-pyrrole nitrogens is 1. The van der Waals surface area contributed by atoms with Crippen LogP contribution >= 0.6 is 0 Å². The zero-order chi connectivity index (χ0) is 14.3. The molecule has 0 unspecified atom stereocenters. The number of benzene rings is 1. The van der Waals surface area contributed by atoms with Gasteiger partial charge in [0, 0.05) is 23.0 Å². The second-order valence-corrected chi connectivity index (χ2v) is 5.28. The van der Waals surface area contributed by atoms with Crippen LogP contribution in [0.1, 0.15) is 31.0 Å². The van der Waals surface area contributed by atoms with E-state index in [0.717, 1.165) is 22.4 Å². The lowest BCUT2D eigenvalue weighted by Crippen LogP contribution is -2.22. The predicted molar refractivity (Wildman–Crippen MR) is 80.1 cm³/mol. The summed E-state index contributed by atoms with van der Waals surface area (Å²) < 4.78 is 1.53. The molecule has 0 atom stereocenters. The van der Waals surface area contributed by atoms with E-state index in [1.165, 1.54) is 4.52 Å². The van der Waals surface area contributed by atoms with Crippen LogP contribution in [0.3, 0.4) is 0 Å². The summed E-state index contributed by atoms with van der Waals surface area (Å²) in [6, 6.07) is 9.96. The van der Waals surface area contributed by atoms with Crippen LogP contribution in [-0.2, 0) is 0 Å². The molecule has 3 aromatic rings. The van der Waals surface area contributed by atoms with Gasteiger partial charge in [-0.25, -0.2) is 9.50 Å². The third-order valence-corrected chi connectivity index (χ3v) is 3.55. The van der Waals surface area contributed by atoms with Crippen molar-refractivity contribution in [3.05, 3.63) is 58.1 Å². The van der Waals surface area contributed by atoms with E-state index < -0.39 is 0 Å². The Hall–Kier alpha value is -2.36. The van der Waals surface area contributed by atoms with Crippen molar-refractivity contribution in [1.82, 2.24) is 14.6 Å². The average Bonchev–Trinajstić information content (AvgIpc) is 2.83. The van der Waals surface area contributed by atoms with Crippen molar-refractivity contribution in [3.63, 3.8) is 0 Å². The molecular formula is C16H17N3O. The maximum Gasteiger partial charge on any atom is 0.276 e. The fraction of sp³-hybridized carbons (Fsp3) is 0.250. The Morgan fingerprint density at radius 3 is 2.55 bits per heavy atom. The van der Waals surface area contributed by atoms with E-state index in [1.54, 1.807) is 0 Å². The maximum absolute atomic E-state index is 12.5. The lowest BCUT2D eigenvalue weighted by molar-refractivity contribution is 0.780. The molecule has 0 aliphatic carbocycles. The zero-order valence-electron chi connectivity index (χ0n) is 11.8. The fourth-order valence-corrected chi connectivity index (χ4v) is 2.63. The van der Waals surface area contributed by atoms with E-state index in [4.69, 9.17) is 0 Å². The summed E-state index contributed by atoms with van der Waals surface area (Å²) in [6.45, 7) is 5.93. The number of fused-ring (bicyclic) bond motifs is 1. The fourth-order valence-electron chi connectivity index (χ4n) is 2.63. The van der Waals surface area contributed by atoms with E-state index in [0.29, 0.717) is 5.65 Å². The van der Waals surface area contributed by atoms with E-state index in [-0.39, 0.29) is 11.5 Å². The summed E-state index contributed by atoms with van der Waals surface area (Å²) in [6.07, 6.45) is 1.84. The topological polar surface area (TPSA) is 50.2 Å². The van der Waals surface area contributed by atoms with Crippen molar-refractivity contribution in [3.8, 4) is 11.1 Å². The Morgan fingerprint density at radius 2 is 1.90 bits per heavy atom. The van der Waals surface area contributed by atoms with Gasteiger partial charge < -0.3 is 0 Å². The molecule has 102 valence electrons. The number of aromatic amines is 1. The minimum absolute atomic E-state index is 0.00955. The molecule has 1 aromatic carbocycles. The van der Waals surface area contributed by atoms with Crippen LogP contribution in [-0.4, -0.2) is 14.6 Å². The molecule has 1 N–H and O–H groups in total. The van der Waals surface area contributed by atoms with Crippen molar-refractivity contribution < 1.29 is 0 Å². The highest BCUT2D eigenvalue weighted by atomic mass is 16.1. The highest BCUT2D eigenvalue weighted by Gasteiger charge is 2.16. The Balaban J connectivity index is 2.33. The summed E-state index contributed by atoms with van der Waals surface area (Å²) in [5.74, 6) is 0.162. The van der Waals surface area contributed by atoms with Crippen LogP contribution in [0.15, 0.2) is 41.3 Å². The van der Waals surface area contributed by atoms with Gasteiger partial charge in [0.1, 0.15) is 0 Å². The second kappa shape index (κ2) is 4.63. The minimum Gasteiger partial charge on any atom is -0.296 e. The van der Waals surface area contributed by atoms with Gasteiger partial charge in [0.25, 0.3) is 5.56 Å². The molecule has 2 heterocycles. The molecule has 0 spiro atoms. The summed E-state index contributed by atoms with van der Waals surface area (Å²) >= 11 is 0. The molecule has 0 aliphatic heterocycles. The standard InChI is InChI=1S/C16H17N3O/c1-10(2)14-11(3)18-15-13(9-17-19(15)16(14)20)12-7-5-4-6-8-12/h4-10,17H,1-3H3. The summed E-state index contributed by atoms with van der Waals surface area (Å²) in [4.78, 5) is 17.2. The molecular weight excluding hydrogens is 250 g/mol. The number of nitrogens with zero attached hydrogens (tertiary/aromatic N) is 2. The second-order valence-electron chi connectivity index (χ2n) is 5.28. The zero-order valence-corrected chi connectivity index (χ0v) is 11.8. The van der Waals surface area contributed by atoms with E-state index >= 15 is 0 Å². The molecule has 0 fully saturated rings. The molecule has 4 heteroatoms. The van der Waals surface area contributed by atoms with Crippen molar-refractivity contribution in [1.29, 1.82) is 0 Å². The van der Waals surface area contributed by atoms with Crippen LogP contribution in [0.5, 0.6) is 0 Å². The van der Waals surface area contributed by atoms with Crippen molar-refractivity contribution in [2.75, 3.05) is 0 Å². The highest BCUT2D eigenvalue weighted by molar-refractivity contribution is 5.76. The van der Waals surface area contributed by atoms with Crippen LogP contribution < -0.4 is 5.56 Å². The molecule has 0 saturated carbocycles. The first-order valence-corrected chi connectivity index (χ1v) is 6.75. The Bertz CT molecular complexity index is 813. The first-order valence-electron chi connectivity index (χ1n) is 6.75. The lowest BCUT2D eigenvalue weighted by Gasteiger charge is -2.08. The summed E-state index contributed by atoms with van der Waals surface area (Å²) in [5.41, 5.74) is 4.24. The lowest BCUT2D eigenvalue weighted by atomic mass is 10.0. The van der Waals surface area contributed by atoms with Crippen LogP contribution in [0, 0.1) is 6.92 Å². The first kappa shape index (κ1) is 12.7. The van der Waals surface area contributed by atoms with Gasteiger partial charge in [0.2, 0.25) is 0 Å². The quantitative estimate of drug-likeness (QED) is 0.775. The Morgan fingerprint density at radius 1 is 1.20 bits per heavy atom. The van der Waals surface area contributed by atoms with E-state index in [1.807, 2.05) is 57.3 Å². The molecule has 0 amide bonds. The molecule has 0 radical (unpaired) electrons. The molecule has 3 rings (SSSR count). The number of nitrogens with one attached hydrogen (secondary N) is 1. The van der Waals surface area contributed by atoms with Gasteiger partial charge in [-0.1, -0.05) is 44.2 Å². The van der Waals surface area contributed by atoms with Gasteiger partial charge in [0.05, 0.1) is 0 Å². The van der Waals surface area contributed by atoms with Crippen LogP contribution in [0.4, 0.5) is 0 Å². The number of rotatable bonds is 2. The van der Waals surface area contributed by atoms with E-state index in [9.17, 15) is 4.79 Å². The van der Waals surface area contributed by atoms with Crippen molar-refractivity contribution in [2.24, 2.45) is 0 Å². The third kappa shape index (κ3) is 1.84. The molecule has 4 nitrogen and oxygen atoms in total. The molecule has 0 saturated heterocycles. The number of aromatic nitrogens is 3. The van der Waals surface area contributed by atoms with E-state index in [2.05, 4.69) is 10.1 Å². The molecule has 0 aliphatic rings. The first-order chi connectivity index (χ1) is 9.59. The summed E-state index contributed by atoms with van der Waals surface area (Å²) in [7, 11) is 0. The molecule has 0 bridgehead atoms. The van der Waals surface area contributed by atoms with Gasteiger partial charge >= 0.3 is 0 Å². The minimum atomic E-state index is -0.00955. The monoisotopic (exact) mass is 267 g/mol. The average molecular weight is 267 g/mol. The smallest absolute Gasteiger partial charge is 0.276 e. The Labute approximate surface area is 117 Å². The SMILES string of the molecule is Cc1nc2c(-c3ccccc3)c[nH]n2c(=O)c1C(C)C. The van der Waals surface area contributed by atoms with Crippen molar-refractivity contribution in [2.45, 2.75) is 26.7 Å². The normalized spacial score (nSPS) is 11.4. The van der Waals surface area contributed by atoms with Crippen molar-refractivity contribution >= 4 is 5.65 Å². The molecule has 20 heavy (non-hydrogen) atoms. The van der Waals surface area contributed by atoms with Gasteiger partial charge in [-0.2, -0.15) is 0 Å². The predicted octanol–water partition coefficient (Wildman–Crippen LogP) is 3.12. The number of hydrogen-bond acceptors (Lipinski definition) is 2. The summed E-state index contributed by atoms with van der Waals surface area (Å²) in [5, 5.41) is 3.02. The van der Waals surface area contributed by atoms with Gasteiger partial charge in [-0.05, 0) is 18.4 Å².